The van der Waals surface area contributed by atoms with Crippen LogP contribution in [0.4, 0.5) is 5.82 Å². The summed E-state index contributed by atoms with van der Waals surface area (Å²) in [6.45, 7) is 5.14. The van der Waals surface area contributed by atoms with Gasteiger partial charge in [0, 0.05) is 6.07 Å². The van der Waals surface area contributed by atoms with Crippen LogP contribution in [0.25, 0.3) is 10.9 Å². The number of para-hydroxylation sites is 1. The molecule has 0 aliphatic rings. The van der Waals surface area contributed by atoms with Crippen molar-refractivity contribution in [1.29, 1.82) is 0 Å². The van der Waals surface area contributed by atoms with Gasteiger partial charge in [-0.1, -0.05) is 19.1 Å². The van der Waals surface area contributed by atoms with E-state index >= 15 is 0 Å². The fraction of sp³-hybridized carbons (Fsp3) is 0.350. The summed E-state index contributed by atoms with van der Waals surface area (Å²) in [4.78, 5) is 41.2. The quantitative estimate of drug-likeness (QED) is 0.612. The van der Waals surface area contributed by atoms with Crippen molar-refractivity contribution < 1.29 is 14.3 Å². The zero-order valence-electron chi connectivity index (χ0n) is 16.5. The molecule has 0 radical (unpaired) electrons. The van der Waals surface area contributed by atoms with Crippen LogP contribution in [0, 0.1) is 0 Å². The Bertz CT molecular complexity index is 1090. The van der Waals surface area contributed by atoms with Crippen LogP contribution in [0.1, 0.15) is 33.2 Å². The standard InChI is InChI=1S/C20H23N5O4/c1-4-13(2)25-17(9-10-22-25)23-19(27)14(3)29-18(26)11-24-12-21-16-8-6-5-7-15(16)20(24)28/h5-10,12-14H,4,11H2,1-3H3,(H,23,27)/t13-,14+/m0/s1. The van der Waals surface area contributed by atoms with Gasteiger partial charge in [-0.05, 0) is 32.4 Å². The van der Waals surface area contributed by atoms with Crippen LogP contribution in [-0.2, 0) is 20.9 Å². The summed E-state index contributed by atoms with van der Waals surface area (Å²) < 4.78 is 8.05. The third-order valence-corrected chi connectivity index (χ3v) is 4.64. The van der Waals surface area contributed by atoms with Crippen LogP contribution >= 0.6 is 0 Å². The van der Waals surface area contributed by atoms with Crippen LogP contribution in [0.3, 0.4) is 0 Å². The van der Waals surface area contributed by atoms with E-state index < -0.39 is 18.0 Å². The van der Waals surface area contributed by atoms with Gasteiger partial charge in [0.15, 0.2) is 6.10 Å². The minimum Gasteiger partial charge on any atom is -0.451 e. The van der Waals surface area contributed by atoms with Crippen LogP contribution in [0.5, 0.6) is 0 Å². The van der Waals surface area contributed by atoms with Gasteiger partial charge in [-0.3, -0.25) is 19.0 Å². The molecule has 9 nitrogen and oxygen atoms in total. The molecule has 1 amide bonds. The van der Waals surface area contributed by atoms with E-state index in [9.17, 15) is 14.4 Å². The topological polar surface area (TPSA) is 108 Å². The molecular weight excluding hydrogens is 374 g/mol. The second-order valence-corrected chi connectivity index (χ2v) is 6.73. The number of rotatable bonds is 7. The van der Waals surface area contributed by atoms with Crippen LogP contribution in [0.2, 0.25) is 0 Å². The second kappa shape index (κ2) is 8.68. The maximum Gasteiger partial charge on any atom is 0.326 e. The number of hydrogen-bond acceptors (Lipinski definition) is 6. The van der Waals surface area contributed by atoms with Gasteiger partial charge in [0.25, 0.3) is 11.5 Å². The molecule has 0 spiro atoms. The van der Waals surface area contributed by atoms with Gasteiger partial charge in [0.2, 0.25) is 0 Å². The predicted octanol–water partition coefficient (Wildman–Crippen LogP) is 2.13. The van der Waals surface area contributed by atoms with Gasteiger partial charge in [-0.2, -0.15) is 5.10 Å². The number of amides is 1. The Morgan fingerprint density at radius 1 is 1.21 bits per heavy atom. The Balaban J connectivity index is 1.63. The average molecular weight is 397 g/mol. The molecule has 2 aromatic heterocycles. The van der Waals surface area contributed by atoms with E-state index in [-0.39, 0.29) is 18.1 Å². The average Bonchev–Trinajstić information content (AvgIpc) is 3.17. The highest BCUT2D eigenvalue weighted by atomic mass is 16.5. The summed E-state index contributed by atoms with van der Waals surface area (Å²) >= 11 is 0. The number of nitrogens with zero attached hydrogens (tertiary/aromatic N) is 4. The third-order valence-electron chi connectivity index (χ3n) is 4.64. The zero-order valence-corrected chi connectivity index (χ0v) is 16.5. The zero-order chi connectivity index (χ0) is 21.0. The lowest BCUT2D eigenvalue weighted by atomic mass is 10.2. The van der Waals surface area contributed by atoms with E-state index in [0.717, 1.165) is 11.0 Å². The number of ether oxygens (including phenoxy) is 1. The molecule has 29 heavy (non-hydrogen) atoms. The molecule has 0 aliphatic carbocycles. The molecule has 9 heteroatoms. The summed E-state index contributed by atoms with van der Waals surface area (Å²) in [5, 5.41) is 7.32. The van der Waals surface area contributed by atoms with Gasteiger partial charge in [-0.25, -0.2) is 9.67 Å². The van der Waals surface area contributed by atoms with Gasteiger partial charge in [0.05, 0.1) is 29.5 Å². The van der Waals surface area contributed by atoms with Crippen molar-refractivity contribution in [3.05, 3.63) is 53.2 Å². The molecule has 2 atom stereocenters. The van der Waals surface area contributed by atoms with E-state index in [1.807, 2.05) is 13.8 Å². The van der Waals surface area contributed by atoms with Gasteiger partial charge >= 0.3 is 5.97 Å². The van der Waals surface area contributed by atoms with Crippen molar-refractivity contribution >= 4 is 28.6 Å². The fourth-order valence-corrected chi connectivity index (χ4v) is 2.81. The highest BCUT2D eigenvalue weighted by Crippen LogP contribution is 2.16. The molecule has 0 unspecified atom stereocenters. The van der Waals surface area contributed by atoms with Crippen molar-refractivity contribution in [3.8, 4) is 0 Å². The van der Waals surface area contributed by atoms with Crippen molar-refractivity contribution in [3.63, 3.8) is 0 Å². The first-order valence-electron chi connectivity index (χ1n) is 9.38. The Hall–Kier alpha value is -3.49. The van der Waals surface area contributed by atoms with Gasteiger partial charge in [0.1, 0.15) is 12.4 Å². The molecule has 0 saturated carbocycles. The Kier molecular flexibility index (Phi) is 6.06. The lowest BCUT2D eigenvalue weighted by Gasteiger charge is -2.17. The summed E-state index contributed by atoms with van der Waals surface area (Å²) in [5.41, 5.74) is 0.204. The largest absolute Gasteiger partial charge is 0.451 e. The molecule has 152 valence electrons. The van der Waals surface area contributed by atoms with E-state index in [2.05, 4.69) is 15.4 Å². The normalized spacial score (nSPS) is 13.1. The molecule has 3 aromatic rings. The smallest absolute Gasteiger partial charge is 0.326 e. The van der Waals surface area contributed by atoms with Crippen molar-refractivity contribution in [2.45, 2.75) is 45.9 Å². The summed E-state index contributed by atoms with van der Waals surface area (Å²) in [6, 6.07) is 8.66. The summed E-state index contributed by atoms with van der Waals surface area (Å²) in [5.74, 6) is -0.656. The van der Waals surface area contributed by atoms with E-state index in [1.54, 1.807) is 41.2 Å². The Morgan fingerprint density at radius 3 is 2.72 bits per heavy atom. The summed E-state index contributed by atoms with van der Waals surface area (Å²) in [7, 11) is 0. The highest BCUT2D eigenvalue weighted by molar-refractivity contribution is 5.94. The molecule has 0 saturated heterocycles. The highest BCUT2D eigenvalue weighted by Gasteiger charge is 2.20. The van der Waals surface area contributed by atoms with Crippen LogP contribution in [-0.4, -0.2) is 37.3 Å². The number of nitrogens with one attached hydrogen (secondary N) is 1. The molecular formula is C20H23N5O4. The van der Waals surface area contributed by atoms with Crippen molar-refractivity contribution in [1.82, 2.24) is 19.3 Å². The first-order valence-corrected chi connectivity index (χ1v) is 9.38. The van der Waals surface area contributed by atoms with Crippen LogP contribution < -0.4 is 10.9 Å². The fourth-order valence-electron chi connectivity index (χ4n) is 2.81. The molecule has 0 aliphatic heterocycles. The maximum atomic E-state index is 12.5. The number of esters is 1. The van der Waals surface area contributed by atoms with Gasteiger partial charge in [-0.15, -0.1) is 0 Å². The van der Waals surface area contributed by atoms with Crippen molar-refractivity contribution in [2.75, 3.05) is 5.32 Å². The third kappa shape index (κ3) is 4.50. The molecule has 3 rings (SSSR count). The second-order valence-electron chi connectivity index (χ2n) is 6.73. The molecule has 1 aromatic carbocycles. The first-order chi connectivity index (χ1) is 13.9. The summed E-state index contributed by atoms with van der Waals surface area (Å²) in [6.07, 6.45) is 2.70. The Labute approximate surface area is 167 Å². The molecule has 0 bridgehead atoms. The number of fused-ring (bicyclic) bond motifs is 1. The van der Waals surface area contributed by atoms with Crippen molar-refractivity contribution in [2.24, 2.45) is 0 Å². The number of hydrogen-bond donors (Lipinski definition) is 1. The lowest BCUT2D eigenvalue weighted by molar-refractivity contribution is -0.153. The minimum absolute atomic E-state index is 0.116. The number of carbonyl (C=O) groups excluding carboxylic acids is 2. The maximum absolute atomic E-state index is 12.5. The van der Waals surface area contributed by atoms with Gasteiger partial charge < -0.3 is 10.1 Å². The van der Waals surface area contributed by atoms with E-state index in [4.69, 9.17) is 4.74 Å². The lowest BCUT2D eigenvalue weighted by Crippen LogP contribution is -2.33. The number of benzene rings is 1. The van der Waals surface area contributed by atoms with E-state index in [0.29, 0.717) is 16.7 Å². The SMILES string of the molecule is CC[C@H](C)n1nccc1NC(=O)[C@@H](C)OC(=O)Cn1cnc2ccccc2c1=O. The minimum atomic E-state index is -1.04. The number of aromatic nitrogens is 4. The molecule has 1 N–H and O–H groups in total. The Morgan fingerprint density at radius 2 is 1.97 bits per heavy atom. The number of carbonyl (C=O) groups is 2. The van der Waals surface area contributed by atoms with Crippen LogP contribution in [0.15, 0.2) is 47.7 Å². The number of anilines is 1. The first kappa shape index (κ1) is 20.2. The predicted molar refractivity (Wildman–Crippen MR) is 107 cm³/mol. The molecule has 0 fully saturated rings. The molecule has 2 heterocycles. The monoisotopic (exact) mass is 397 g/mol. The van der Waals surface area contributed by atoms with E-state index in [1.165, 1.54) is 13.3 Å².